The zero-order valence-corrected chi connectivity index (χ0v) is 19.3. The molecule has 3 aromatic rings. The molecule has 0 spiro atoms. The highest BCUT2D eigenvalue weighted by molar-refractivity contribution is 7.18. The van der Waals surface area contributed by atoms with Crippen molar-refractivity contribution < 1.29 is 4.79 Å². The summed E-state index contributed by atoms with van der Waals surface area (Å²) in [5.74, 6) is 0.460. The molecule has 1 amide bonds. The Morgan fingerprint density at radius 2 is 1.94 bits per heavy atom. The summed E-state index contributed by atoms with van der Waals surface area (Å²) < 4.78 is 1.59. The number of aryl methyl sites for hydroxylation is 3. The van der Waals surface area contributed by atoms with Crippen molar-refractivity contribution in [2.75, 3.05) is 18.4 Å². The van der Waals surface area contributed by atoms with Crippen molar-refractivity contribution in [2.45, 2.75) is 59.5 Å². The molecule has 2 heterocycles. The Morgan fingerprint density at radius 3 is 2.68 bits per heavy atom. The van der Waals surface area contributed by atoms with Crippen LogP contribution in [-0.4, -0.2) is 33.4 Å². The molecule has 6 nitrogen and oxygen atoms in total. The van der Waals surface area contributed by atoms with Gasteiger partial charge in [-0.15, -0.1) is 11.3 Å². The van der Waals surface area contributed by atoms with Gasteiger partial charge in [-0.1, -0.05) is 32.0 Å². The Balaban J connectivity index is 1.75. The van der Waals surface area contributed by atoms with E-state index < -0.39 is 0 Å². The molecule has 2 aromatic heterocycles. The SMILES string of the molecule is CCN(CC)Cc1nc2sc3c(c2c(=O)n1CC(=O)Nc1ccccc1C)CCCC3. The van der Waals surface area contributed by atoms with Crippen molar-refractivity contribution in [3.8, 4) is 0 Å². The van der Waals surface area contributed by atoms with Crippen molar-refractivity contribution in [3.05, 3.63) is 56.4 Å². The second kappa shape index (κ2) is 9.32. The number of nitrogens with zero attached hydrogens (tertiary/aromatic N) is 3. The normalized spacial score (nSPS) is 13.5. The molecule has 0 saturated heterocycles. The molecule has 1 aliphatic carbocycles. The average molecular weight is 439 g/mol. The fourth-order valence-electron chi connectivity index (χ4n) is 4.26. The fraction of sp³-hybridized carbons (Fsp3) is 0.458. The molecular weight excluding hydrogens is 408 g/mol. The van der Waals surface area contributed by atoms with Crippen LogP contribution in [0.3, 0.4) is 0 Å². The number of carbonyl (C=O) groups excluding carboxylic acids is 1. The molecule has 0 aliphatic heterocycles. The van der Waals surface area contributed by atoms with Crippen molar-refractivity contribution >= 4 is 33.1 Å². The Kier molecular flexibility index (Phi) is 6.53. The Hall–Kier alpha value is -2.51. The molecule has 0 fully saturated rings. The molecule has 1 aromatic carbocycles. The summed E-state index contributed by atoms with van der Waals surface area (Å²) in [6.07, 6.45) is 4.22. The molecular formula is C24H30N4O2S. The van der Waals surface area contributed by atoms with Crippen LogP contribution in [0.1, 0.15) is 48.5 Å². The number of anilines is 1. The first-order valence-electron chi connectivity index (χ1n) is 11.1. The van der Waals surface area contributed by atoms with E-state index in [1.54, 1.807) is 15.9 Å². The third kappa shape index (κ3) is 4.43. The lowest BCUT2D eigenvalue weighted by Crippen LogP contribution is -2.34. The van der Waals surface area contributed by atoms with Crippen molar-refractivity contribution in [1.82, 2.24) is 14.5 Å². The topological polar surface area (TPSA) is 67.2 Å². The van der Waals surface area contributed by atoms with E-state index in [1.165, 1.54) is 11.3 Å². The molecule has 0 saturated carbocycles. The van der Waals surface area contributed by atoms with Crippen LogP contribution in [0.5, 0.6) is 0 Å². The number of benzene rings is 1. The molecule has 4 rings (SSSR count). The van der Waals surface area contributed by atoms with E-state index >= 15 is 0 Å². The minimum atomic E-state index is -0.206. The summed E-state index contributed by atoms with van der Waals surface area (Å²) in [5.41, 5.74) is 2.84. The average Bonchev–Trinajstić information content (AvgIpc) is 3.14. The van der Waals surface area contributed by atoms with Gasteiger partial charge in [0.05, 0.1) is 11.9 Å². The number of amides is 1. The number of thiophene rings is 1. The van der Waals surface area contributed by atoms with Crippen LogP contribution in [0, 0.1) is 6.92 Å². The number of hydrogen-bond acceptors (Lipinski definition) is 5. The Labute approximate surface area is 186 Å². The molecule has 164 valence electrons. The van der Waals surface area contributed by atoms with Gasteiger partial charge in [0.2, 0.25) is 5.91 Å². The van der Waals surface area contributed by atoms with Gasteiger partial charge in [-0.25, -0.2) is 4.98 Å². The van der Waals surface area contributed by atoms with E-state index in [1.807, 2.05) is 31.2 Å². The van der Waals surface area contributed by atoms with Gasteiger partial charge >= 0.3 is 0 Å². The summed E-state index contributed by atoms with van der Waals surface area (Å²) in [7, 11) is 0. The number of hydrogen-bond donors (Lipinski definition) is 1. The lowest BCUT2D eigenvalue weighted by atomic mass is 9.97. The fourth-order valence-corrected chi connectivity index (χ4v) is 5.53. The molecule has 0 radical (unpaired) electrons. The molecule has 1 aliphatic rings. The maximum atomic E-state index is 13.6. The van der Waals surface area contributed by atoms with Crippen LogP contribution in [0.15, 0.2) is 29.1 Å². The summed E-state index contributed by atoms with van der Waals surface area (Å²) in [5, 5.41) is 3.69. The lowest BCUT2D eigenvalue weighted by molar-refractivity contribution is -0.116. The highest BCUT2D eigenvalue weighted by Crippen LogP contribution is 2.33. The van der Waals surface area contributed by atoms with Gasteiger partial charge in [0.1, 0.15) is 17.2 Å². The number of fused-ring (bicyclic) bond motifs is 3. The maximum Gasteiger partial charge on any atom is 0.263 e. The van der Waals surface area contributed by atoms with Gasteiger partial charge in [0, 0.05) is 10.6 Å². The Bertz CT molecular complexity index is 1160. The number of carbonyl (C=O) groups is 1. The summed E-state index contributed by atoms with van der Waals surface area (Å²) in [4.78, 5) is 35.8. The first kappa shape index (κ1) is 21.7. The largest absolute Gasteiger partial charge is 0.324 e. The molecule has 0 bridgehead atoms. The van der Waals surface area contributed by atoms with Gasteiger partial charge < -0.3 is 5.32 Å². The molecule has 31 heavy (non-hydrogen) atoms. The quantitative estimate of drug-likeness (QED) is 0.602. The van der Waals surface area contributed by atoms with E-state index in [9.17, 15) is 9.59 Å². The van der Waals surface area contributed by atoms with Crippen LogP contribution in [0.25, 0.3) is 10.2 Å². The third-order valence-corrected chi connectivity index (χ3v) is 7.32. The molecule has 7 heteroatoms. The number of nitrogens with one attached hydrogen (secondary N) is 1. The Morgan fingerprint density at radius 1 is 1.19 bits per heavy atom. The third-order valence-electron chi connectivity index (χ3n) is 6.13. The van der Waals surface area contributed by atoms with Gasteiger partial charge in [-0.2, -0.15) is 0 Å². The highest BCUT2D eigenvalue weighted by Gasteiger charge is 2.23. The minimum Gasteiger partial charge on any atom is -0.324 e. The predicted octanol–water partition coefficient (Wildman–Crippen LogP) is 4.13. The first-order chi connectivity index (χ1) is 15.0. The van der Waals surface area contributed by atoms with Crippen molar-refractivity contribution in [3.63, 3.8) is 0 Å². The van der Waals surface area contributed by atoms with Crippen LogP contribution in [0.4, 0.5) is 5.69 Å². The van der Waals surface area contributed by atoms with E-state index in [4.69, 9.17) is 4.98 Å². The van der Waals surface area contributed by atoms with Gasteiger partial charge in [0.15, 0.2) is 0 Å². The standard InChI is InChI=1S/C24H30N4O2S/c1-4-27(5-2)14-20-26-23-22(17-11-7-9-13-19(17)31-23)24(30)28(20)15-21(29)25-18-12-8-6-10-16(18)3/h6,8,10,12H,4-5,7,9,11,13-15H2,1-3H3,(H,25,29). The van der Waals surface area contributed by atoms with Crippen molar-refractivity contribution in [2.24, 2.45) is 0 Å². The predicted molar refractivity (Wildman–Crippen MR) is 127 cm³/mol. The zero-order chi connectivity index (χ0) is 22.0. The van der Waals surface area contributed by atoms with E-state index in [0.717, 1.165) is 59.4 Å². The highest BCUT2D eigenvalue weighted by atomic mass is 32.1. The smallest absolute Gasteiger partial charge is 0.263 e. The van der Waals surface area contributed by atoms with Gasteiger partial charge in [-0.3, -0.25) is 19.1 Å². The van der Waals surface area contributed by atoms with Crippen LogP contribution in [0.2, 0.25) is 0 Å². The van der Waals surface area contributed by atoms with Crippen LogP contribution < -0.4 is 10.9 Å². The lowest BCUT2D eigenvalue weighted by Gasteiger charge is -2.20. The van der Waals surface area contributed by atoms with Crippen molar-refractivity contribution in [1.29, 1.82) is 0 Å². The van der Waals surface area contributed by atoms with Crippen LogP contribution >= 0.6 is 11.3 Å². The van der Waals surface area contributed by atoms with Crippen LogP contribution in [-0.2, 0) is 30.7 Å². The monoisotopic (exact) mass is 438 g/mol. The molecule has 0 atom stereocenters. The summed E-state index contributed by atoms with van der Waals surface area (Å²) >= 11 is 1.66. The number of rotatable bonds is 7. The number of aromatic nitrogens is 2. The van der Waals surface area contributed by atoms with E-state index in [2.05, 4.69) is 24.1 Å². The minimum absolute atomic E-state index is 0.0304. The van der Waals surface area contributed by atoms with E-state index in [0.29, 0.717) is 12.4 Å². The van der Waals surface area contributed by atoms with Gasteiger partial charge in [-0.05, 0) is 62.9 Å². The maximum absolute atomic E-state index is 13.6. The zero-order valence-electron chi connectivity index (χ0n) is 18.5. The molecule has 0 unspecified atom stereocenters. The number of para-hydroxylation sites is 1. The molecule has 1 N–H and O–H groups in total. The summed E-state index contributed by atoms with van der Waals surface area (Å²) in [6.45, 7) is 8.40. The van der Waals surface area contributed by atoms with Gasteiger partial charge in [0.25, 0.3) is 5.56 Å². The second-order valence-corrected chi connectivity index (χ2v) is 9.22. The van der Waals surface area contributed by atoms with E-state index in [-0.39, 0.29) is 18.0 Å². The first-order valence-corrected chi connectivity index (χ1v) is 11.9. The second-order valence-electron chi connectivity index (χ2n) is 8.13. The summed E-state index contributed by atoms with van der Waals surface area (Å²) in [6, 6.07) is 7.67.